The minimum absolute atomic E-state index is 0.158. The van der Waals surface area contributed by atoms with E-state index < -0.39 is 12.1 Å². The predicted molar refractivity (Wildman–Crippen MR) is 160 cm³/mol. The van der Waals surface area contributed by atoms with Crippen LogP contribution in [0.1, 0.15) is 20.8 Å². The highest BCUT2D eigenvalue weighted by Gasteiger charge is 2.36. The molecule has 0 aromatic heterocycles. The average molecular weight is 517 g/mol. The Bertz CT molecular complexity index is 1270. The van der Waals surface area contributed by atoms with Gasteiger partial charge in [0.1, 0.15) is 0 Å². The van der Waals surface area contributed by atoms with Crippen LogP contribution < -0.4 is 21.2 Å². The van der Waals surface area contributed by atoms with Gasteiger partial charge < -0.3 is 0 Å². The molecule has 0 unspecified atom stereocenters. The SMILES string of the molecule is CC(C)(C)C(=CP(=S)(c1ccccc1)c1ccccc1)P(=S)(c1ccccc1)c1ccccc1. The van der Waals surface area contributed by atoms with Gasteiger partial charge >= 0.3 is 0 Å². The van der Waals surface area contributed by atoms with Gasteiger partial charge in [-0.05, 0) is 37.8 Å². The molecule has 0 aliphatic rings. The van der Waals surface area contributed by atoms with Crippen LogP contribution in [0.4, 0.5) is 0 Å². The second kappa shape index (κ2) is 10.3. The van der Waals surface area contributed by atoms with E-state index in [2.05, 4.69) is 148 Å². The highest BCUT2D eigenvalue weighted by atomic mass is 32.4. The number of rotatable bonds is 6. The predicted octanol–water partition coefficient (Wildman–Crippen LogP) is 7.13. The van der Waals surface area contributed by atoms with E-state index in [1.807, 2.05) is 0 Å². The van der Waals surface area contributed by atoms with Gasteiger partial charge in [-0.1, -0.05) is 166 Å². The molecule has 0 saturated carbocycles. The first-order chi connectivity index (χ1) is 16.3. The quantitative estimate of drug-likeness (QED) is 0.250. The van der Waals surface area contributed by atoms with Gasteiger partial charge in [-0.25, -0.2) is 0 Å². The molecule has 0 fully saturated rings. The van der Waals surface area contributed by atoms with Crippen LogP contribution in [0.3, 0.4) is 0 Å². The van der Waals surface area contributed by atoms with E-state index in [9.17, 15) is 0 Å². The maximum atomic E-state index is 6.79. The number of benzene rings is 4. The van der Waals surface area contributed by atoms with E-state index >= 15 is 0 Å². The first-order valence-electron chi connectivity index (χ1n) is 11.4. The number of hydrogen-bond acceptors (Lipinski definition) is 2. The van der Waals surface area contributed by atoms with Crippen LogP contribution >= 0.6 is 12.1 Å². The summed E-state index contributed by atoms with van der Waals surface area (Å²) < 4.78 is 0. The molecule has 0 spiro atoms. The molecule has 0 N–H and O–H groups in total. The van der Waals surface area contributed by atoms with Crippen LogP contribution in [0, 0.1) is 5.41 Å². The molecule has 0 aliphatic carbocycles. The Labute approximate surface area is 214 Å². The Morgan fingerprint density at radius 2 is 0.824 bits per heavy atom. The van der Waals surface area contributed by atoms with Gasteiger partial charge in [0, 0.05) is 12.1 Å². The van der Waals surface area contributed by atoms with E-state index in [1.165, 1.54) is 26.5 Å². The van der Waals surface area contributed by atoms with E-state index in [1.54, 1.807) is 0 Å². The van der Waals surface area contributed by atoms with Crippen LogP contribution in [-0.2, 0) is 23.6 Å². The lowest BCUT2D eigenvalue weighted by molar-refractivity contribution is 0.532. The first-order valence-corrected chi connectivity index (χ1v) is 17.1. The van der Waals surface area contributed by atoms with Gasteiger partial charge in [-0.3, -0.25) is 0 Å². The van der Waals surface area contributed by atoms with Gasteiger partial charge in [0.25, 0.3) is 0 Å². The lowest BCUT2D eigenvalue weighted by atomic mass is 9.97. The van der Waals surface area contributed by atoms with E-state index in [-0.39, 0.29) is 5.41 Å². The minimum Gasteiger partial charge on any atom is -0.0832 e. The van der Waals surface area contributed by atoms with Crippen molar-refractivity contribution in [1.29, 1.82) is 0 Å². The normalized spacial score (nSPS) is 13.0. The third-order valence-electron chi connectivity index (χ3n) is 5.93. The monoisotopic (exact) mass is 516 g/mol. The first kappa shape index (κ1) is 25.0. The zero-order valence-electron chi connectivity index (χ0n) is 19.8. The molecular weight excluding hydrogens is 486 g/mol. The fourth-order valence-corrected chi connectivity index (χ4v) is 14.2. The molecule has 0 bridgehead atoms. The number of allylic oxidation sites excluding steroid dienone is 1. The second-order valence-corrected chi connectivity index (χ2v) is 18.1. The summed E-state index contributed by atoms with van der Waals surface area (Å²) in [6.45, 7) is 6.84. The van der Waals surface area contributed by atoms with Crippen LogP contribution in [0.15, 0.2) is 132 Å². The van der Waals surface area contributed by atoms with Crippen LogP contribution in [0.5, 0.6) is 0 Å². The lowest BCUT2D eigenvalue weighted by Crippen LogP contribution is -2.24. The fraction of sp³-hybridized carbons (Fsp3) is 0.133. The second-order valence-electron chi connectivity index (χ2n) is 9.37. The summed E-state index contributed by atoms with van der Waals surface area (Å²) in [5.41, 5.74) is -0.158. The summed E-state index contributed by atoms with van der Waals surface area (Å²) in [6, 6.07) is 37.9. The zero-order chi connectivity index (χ0) is 24.2. The van der Waals surface area contributed by atoms with Gasteiger partial charge in [0.05, 0.1) is 0 Å². The topological polar surface area (TPSA) is 0 Å². The smallest absolute Gasteiger partial charge is 0.0346 e. The van der Waals surface area contributed by atoms with Crippen molar-refractivity contribution < 1.29 is 0 Å². The summed E-state index contributed by atoms with van der Waals surface area (Å²) in [4.78, 5) is 0. The van der Waals surface area contributed by atoms with Crippen molar-refractivity contribution in [2.24, 2.45) is 5.41 Å². The fourth-order valence-electron chi connectivity index (χ4n) is 4.22. The van der Waals surface area contributed by atoms with Crippen molar-refractivity contribution in [3.63, 3.8) is 0 Å². The molecule has 34 heavy (non-hydrogen) atoms. The Morgan fingerprint density at radius 3 is 1.12 bits per heavy atom. The molecule has 172 valence electrons. The Kier molecular flexibility index (Phi) is 7.56. The summed E-state index contributed by atoms with van der Waals surface area (Å²) in [5.74, 6) is 2.42. The van der Waals surface area contributed by atoms with Crippen LogP contribution in [-0.4, -0.2) is 0 Å². The lowest BCUT2D eigenvalue weighted by Gasteiger charge is -2.36. The van der Waals surface area contributed by atoms with E-state index in [4.69, 9.17) is 23.6 Å². The van der Waals surface area contributed by atoms with Crippen LogP contribution in [0.2, 0.25) is 0 Å². The van der Waals surface area contributed by atoms with Crippen molar-refractivity contribution >= 4 is 56.9 Å². The van der Waals surface area contributed by atoms with E-state index in [0.717, 1.165) is 0 Å². The molecule has 0 radical (unpaired) electrons. The molecule has 0 aliphatic heterocycles. The molecule has 4 heteroatoms. The van der Waals surface area contributed by atoms with Crippen molar-refractivity contribution in [2.45, 2.75) is 20.8 Å². The number of hydrogen-bond donors (Lipinski definition) is 0. The zero-order valence-corrected chi connectivity index (χ0v) is 23.3. The van der Waals surface area contributed by atoms with Crippen molar-refractivity contribution in [3.05, 3.63) is 132 Å². The summed E-state index contributed by atoms with van der Waals surface area (Å²) >= 11 is 13.4. The maximum absolute atomic E-state index is 6.79. The molecule has 4 aromatic carbocycles. The highest BCUT2D eigenvalue weighted by Crippen LogP contribution is 2.62. The van der Waals surface area contributed by atoms with Crippen LogP contribution in [0.25, 0.3) is 0 Å². The van der Waals surface area contributed by atoms with Gasteiger partial charge in [0.2, 0.25) is 0 Å². The maximum Gasteiger partial charge on any atom is 0.0346 e. The molecule has 4 rings (SSSR count). The molecule has 0 heterocycles. The third-order valence-corrected chi connectivity index (χ3v) is 15.9. The van der Waals surface area contributed by atoms with Crippen molar-refractivity contribution in [1.82, 2.24) is 0 Å². The van der Waals surface area contributed by atoms with Crippen molar-refractivity contribution in [2.75, 3.05) is 0 Å². The van der Waals surface area contributed by atoms with Gasteiger partial charge in [-0.15, -0.1) is 0 Å². The standard InChI is InChI=1S/C30H30P2S2/c1-30(2,3)29(32(34,27-20-12-6-13-21-27)28-22-14-7-15-23-28)24-31(33,25-16-8-4-9-17-25)26-18-10-5-11-19-26/h4-24H,1-3H3. The highest BCUT2D eigenvalue weighted by molar-refractivity contribution is 8.26. The molecule has 0 nitrogen and oxygen atoms in total. The van der Waals surface area contributed by atoms with Gasteiger partial charge in [-0.2, -0.15) is 0 Å². The largest absolute Gasteiger partial charge is 0.0832 e. The third kappa shape index (κ3) is 4.98. The molecular formula is C30H30P2S2. The molecule has 0 atom stereocenters. The molecule has 0 saturated heterocycles. The van der Waals surface area contributed by atoms with E-state index in [0.29, 0.717) is 0 Å². The Hall–Kier alpha value is -2.08. The summed E-state index contributed by atoms with van der Waals surface area (Å²) in [5, 5.41) is 6.09. The summed E-state index contributed by atoms with van der Waals surface area (Å²) in [7, 11) is 0. The van der Waals surface area contributed by atoms with Crippen molar-refractivity contribution in [3.8, 4) is 0 Å². The summed E-state index contributed by atoms with van der Waals surface area (Å²) in [6.07, 6.45) is 0. The minimum atomic E-state index is -2.34. The van der Waals surface area contributed by atoms with Gasteiger partial charge in [0.15, 0.2) is 0 Å². The Morgan fingerprint density at radius 1 is 0.529 bits per heavy atom. The molecule has 4 aromatic rings. The molecule has 0 amide bonds. The Balaban J connectivity index is 2.10. The average Bonchev–Trinajstić information content (AvgIpc) is 2.88.